The molecule has 0 aromatic heterocycles. The molecule has 0 radical (unpaired) electrons. The highest BCUT2D eigenvalue weighted by molar-refractivity contribution is 4.84. The van der Waals surface area contributed by atoms with Crippen molar-refractivity contribution in [3.63, 3.8) is 0 Å². The Morgan fingerprint density at radius 1 is 0.875 bits per heavy atom. The van der Waals surface area contributed by atoms with E-state index < -0.39 is 24.7 Å². The Morgan fingerprint density at radius 2 is 1.31 bits per heavy atom. The van der Waals surface area contributed by atoms with E-state index in [-0.39, 0.29) is 6.42 Å². The largest absolute Gasteiger partial charge is 0.400 e. The molecular formula is C10H14F6. The van der Waals surface area contributed by atoms with Gasteiger partial charge in [0, 0.05) is 0 Å². The summed E-state index contributed by atoms with van der Waals surface area (Å²) in [5, 5.41) is 0. The molecule has 0 nitrogen and oxygen atoms in total. The summed E-state index contributed by atoms with van der Waals surface area (Å²) in [6, 6.07) is 0. The Hall–Kier alpha value is -0.680. The quantitative estimate of drug-likeness (QED) is 0.481. The van der Waals surface area contributed by atoms with Crippen LogP contribution < -0.4 is 0 Å². The molecule has 0 aliphatic rings. The van der Waals surface area contributed by atoms with Gasteiger partial charge in [0.1, 0.15) is 0 Å². The summed E-state index contributed by atoms with van der Waals surface area (Å²) in [7, 11) is 0. The maximum absolute atomic E-state index is 12.0. The molecule has 0 amide bonds. The smallest absolute Gasteiger partial charge is 0.170 e. The van der Waals surface area contributed by atoms with Gasteiger partial charge in [-0.25, -0.2) is 0 Å². The lowest BCUT2D eigenvalue weighted by Gasteiger charge is -2.22. The predicted octanol–water partition coefficient (Wildman–Crippen LogP) is 4.86. The van der Waals surface area contributed by atoms with E-state index in [0.29, 0.717) is 6.42 Å². The normalized spacial score (nSPS) is 14.0. The van der Waals surface area contributed by atoms with Crippen molar-refractivity contribution in [2.75, 3.05) is 0 Å². The molecule has 0 aromatic rings. The van der Waals surface area contributed by atoms with E-state index in [4.69, 9.17) is 0 Å². The molecule has 0 saturated heterocycles. The summed E-state index contributed by atoms with van der Waals surface area (Å²) >= 11 is 0. The average Bonchev–Trinajstić information content (AvgIpc) is 2.06. The topological polar surface area (TPSA) is 0 Å². The van der Waals surface area contributed by atoms with Crippen LogP contribution in [0.1, 0.15) is 32.6 Å². The van der Waals surface area contributed by atoms with E-state index in [1.165, 1.54) is 6.08 Å². The highest BCUT2D eigenvalue weighted by atomic mass is 19.4. The second-order valence-electron chi connectivity index (χ2n) is 3.47. The van der Waals surface area contributed by atoms with Crippen LogP contribution in [0.4, 0.5) is 26.3 Å². The molecule has 16 heavy (non-hydrogen) atoms. The summed E-state index contributed by atoms with van der Waals surface area (Å²) in [5.74, 6) is -3.22. The van der Waals surface area contributed by atoms with Crippen molar-refractivity contribution in [2.45, 2.75) is 45.0 Å². The molecule has 0 N–H and O–H groups in total. The SMILES string of the molecule is CCC/C=C/CCC(C(F)(F)F)C(F)(F)F. The van der Waals surface area contributed by atoms with Crippen molar-refractivity contribution < 1.29 is 26.3 Å². The number of unbranched alkanes of at least 4 members (excludes halogenated alkanes) is 1. The fourth-order valence-electron chi connectivity index (χ4n) is 1.18. The van der Waals surface area contributed by atoms with Crippen molar-refractivity contribution in [3.05, 3.63) is 12.2 Å². The molecule has 0 atom stereocenters. The van der Waals surface area contributed by atoms with Crippen LogP contribution in [0.5, 0.6) is 0 Å². The molecular weight excluding hydrogens is 234 g/mol. The van der Waals surface area contributed by atoms with Crippen LogP contribution in [0.15, 0.2) is 12.2 Å². The third-order valence-corrected chi connectivity index (χ3v) is 2.03. The van der Waals surface area contributed by atoms with Crippen molar-refractivity contribution >= 4 is 0 Å². The number of halogens is 6. The van der Waals surface area contributed by atoms with Gasteiger partial charge in [-0.3, -0.25) is 0 Å². The molecule has 0 aromatic carbocycles. The van der Waals surface area contributed by atoms with Crippen molar-refractivity contribution in [1.29, 1.82) is 0 Å². The van der Waals surface area contributed by atoms with Crippen LogP contribution in [-0.2, 0) is 0 Å². The summed E-state index contributed by atoms with van der Waals surface area (Å²) < 4.78 is 72.3. The molecule has 0 spiro atoms. The second-order valence-corrected chi connectivity index (χ2v) is 3.47. The Balaban J connectivity index is 4.26. The summed E-state index contributed by atoms with van der Waals surface area (Å²) in [6.45, 7) is 1.87. The zero-order valence-corrected chi connectivity index (χ0v) is 8.83. The fourth-order valence-corrected chi connectivity index (χ4v) is 1.18. The fraction of sp³-hybridized carbons (Fsp3) is 0.800. The highest BCUT2D eigenvalue weighted by Gasteiger charge is 2.55. The average molecular weight is 248 g/mol. The standard InChI is InChI=1S/C10H14F6/c1-2-3-4-5-6-7-8(9(11,12)13)10(14,15)16/h4-5,8H,2-3,6-7H2,1H3/b5-4+. The van der Waals surface area contributed by atoms with Gasteiger partial charge >= 0.3 is 12.4 Å². The lowest BCUT2D eigenvalue weighted by Crippen LogP contribution is -2.36. The van der Waals surface area contributed by atoms with Crippen LogP contribution in [0, 0.1) is 5.92 Å². The van der Waals surface area contributed by atoms with Crippen LogP contribution >= 0.6 is 0 Å². The number of rotatable bonds is 5. The van der Waals surface area contributed by atoms with Gasteiger partial charge in [-0.05, 0) is 19.3 Å². The second kappa shape index (κ2) is 6.15. The van der Waals surface area contributed by atoms with E-state index in [0.717, 1.165) is 6.42 Å². The third kappa shape index (κ3) is 6.02. The van der Waals surface area contributed by atoms with Gasteiger partial charge in [-0.1, -0.05) is 25.5 Å². The molecule has 96 valence electrons. The van der Waals surface area contributed by atoms with Crippen LogP contribution in [0.3, 0.4) is 0 Å². The Labute approximate surface area is 90.3 Å². The first-order valence-corrected chi connectivity index (χ1v) is 4.98. The number of hydrogen-bond donors (Lipinski definition) is 0. The molecule has 6 heteroatoms. The number of hydrogen-bond acceptors (Lipinski definition) is 0. The molecule has 0 aliphatic carbocycles. The van der Waals surface area contributed by atoms with Gasteiger partial charge in [0.2, 0.25) is 0 Å². The van der Waals surface area contributed by atoms with Gasteiger partial charge in [0.15, 0.2) is 5.92 Å². The zero-order valence-electron chi connectivity index (χ0n) is 8.83. The maximum Gasteiger partial charge on any atom is 0.400 e. The monoisotopic (exact) mass is 248 g/mol. The number of allylic oxidation sites excluding steroid dienone is 2. The first-order chi connectivity index (χ1) is 7.19. The lowest BCUT2D eigenvalue weighted by molar-refractivity contribution is -0.285. The van der Waals surface area contributed by atoms with Crippen LogP contribution in [0.2, 0.25) is 0 Å². The first kappa shape index (κ1) is 15.3. The number of alkyl halides is 6. The Kier molecular flexibility index (Phi) is 5.89. The minimum atomic E-state index is -5.21. The van der Waals surface area contributed by atoms with Crippen LogP contribution in [0.25, 0.3) is 0 Å². The first-order valence-electron chi connectivity index (χ1n) is 4.98. The van der Waals surface area contributed by atoms with Crippen molar-refractivity contribution in [1.82, 2.24) is 0 Å². The Bertz CT molecular complexity index is 198. The predicted molar refractivity (Wildman–Crippen MR) is 48.9 cm³/mol. The van der Waals surface area contributed by atoms with Crippen molar-refractivity contribution in [2.24, 2.45) is 5.92 Å². The summed E-state index contributed by atoms with van der Waals surface area (Å²) in [6.07, 6.45) is -7.11. The summed E-state index contributed by atoms with van der Waals surface area (Å²) in [5.41, 5.74) is 0. The molecule has 0 heterocycles. The molecule has 0 rings (SSSR count). The molecule has 0 unspecified atom stereocenters. The highest BCUT2D eigenvalue weighted by Crippen LogP contribution is 2.41. The van der Waals surface area contributed by atoms with Gasteiger partial charge < -0.3 is 0 Å². The van der Waals surface area contributed by atoms with Gasteiger partial charge in [0.25, 0.3) is 0 Å². The molecule has 0 aliphatic heterocycles. The maximum atomic E-state index is 12.0. The molecule has 0 bridgehead atoms. The van der Waals surface area contributed by atoms with Gasteiger partial charge in [-0.15, -0.1) is 0 Å². The van der Waals surface area contributed by atoms with E-state index in [9.17, 15) is 26.3 Å². The van der Waals surface area contributed by atoms with Gasteiger partial charge in [-0.2, -0.15) is 26.3 Å². The minimum absolute atomic E-state index is 0.205. The Morgan fingerprint density at radius 3 is 1.69 bits per heavy atom. The van der Waals surface area contributed by atoms with Gasteiger partial charge in [0.05, 0.1) is 0 Å². The minimum Gasteiger partial charge on any atom is -0.170 e. The van der Waals surface area contributed by atoms with E-state index in [1.54, 1.807) is 6.08 Å². The lowest BCUT2D eigenvalue weighted by atomic mass is 10.0. The molecule has 0 fully saturated rings. The summed E-state index contributed by atoms with van der Waals surface area (Å²) in [4.78, 5) is 0. The zero-order chi connectivity index (χ0) is 12.8. The van der Waals surface area contributed by atoms with E-state index in [2.05, 4.69) is 0 Å². The third-order valence-electron chi connectivity index (χ3n) is 2.03. The van der Waals surface area contributed by atoms with E-state index >= 15 is 0 Å². The molecule has 0 saturated carbocycles. The van der Waals surface area contributed by atoms with E-state index in [1.807, 2.05) is 6.92 Å². The van der Waals surface area contributed by atoms with Crippen LogP contribution in [-0.4, -0.2) is 12.4 Å². The van der Waals surface area contributed by atoms with Crippen molar-refractivity contribution in [3.8, 4) is 0 Å².